The maximum atomic E-state index is 9.55. The molecule has 0 aromatic heterocycles. The third-order valence-electron chi connectivity index (χ3n) is 4.64. The Morgan fingerprint density at radius 1 is 1.14 bits per heavy atom. The number of nitrogens with zero attached hydrogens (tertiary/aromatic N) is 2. The van der Waals surface area contributed by atoms with Crippen molar-refractivity contribution in [2.24, 2.45) is 0 Å². The van der Waals surface area contributed by atoms with Gasteiger partial charge < -0.3 is 9.64 Å². The molecule has 0 saturated carbocycles. The van der Waals surface area contributed by atoms with Gasteiger partial charge in [-0.05, 0) is 44.4 Å². The lowest BCUT2D eigenvalue weighted by atomic mass is 9.84. The lowest BCUT2D eigenvalue weighted by Crippen LogP contribution is -2.34. The monoisotopic (exact) mass is 406 g/mol. The van der Waals surface area contributed by atoms with Gasteiger partial charge in [0.2, 0.25) is 0 Å². The molecular weight excluding hydrogens is 375 g/mol. The number of hydrogen-bond donors (Lipinski definition) is 0. The van der Waals surface area contributed by atoms with Crippen LogP contribution in [0.3, 0.4) is 0 Å². The largest absolute Gasteiger partial charge is 0.378 e. The first-order valence-electron chi connectivity index (χ1n) is 9.88. The van der Waals surface area contributed by atoms with Gasteiger partial charge in [0.05, 0.1) is 19.3 Å². The third-order valence-corrected chi connectivity index (χ3v) is 5.78. The van der Waals surface area contributed by atoms with Crippen LogP contribution in [-0.4, -0.2) is 39.0 Å². The second-order valence-electron chi connectivity index (χ2n) is 6.41. The van der Waals surface area contributed by atoms with E-state index < -0.39 is 0 Å². The van der Waals surface area contributed by atoms with Gasteiger partial charge in [0, 0.05) is 34.2 Å². The van der Waals surface area contributed by atoms with Gasteiger partial charge in [-0.15, -0.1) is 0 Å². The molecule has 2 radical (unpaired) electrons. The van der Waals surface area contributed by atoms with Crippen LogP contribution in [0.25, 0.3) is 0 Å². The normalized spacial score (nSPS) is 17.2. The summed E-state index contributed by atoms with van der Waals surface area (Å²) in [6.07, 6.45) is 10.5. The number of morpholine rings is 1. The zero-order valence-corrected chi connectivity index (χ0v) is 18.9. The second-order valence-corrected chi connectivity index (χ2v) is 7.55. The minimum absolute atomic E-state index is 0.607. The molecule has 29 heavy (non-hydrogen) atoms. The average Bonchev–Trinajstić information content (AvgIpc) is 2.76. The summed E-state index contributed by atoms with van der Waals surface area (Å²) >= 11 is 1.53. The molecule has 1 aliphatic rings. The van der Waals surface area contributed by atoms with Crippen LogP contribution in [-0.2, 0) is 4.74 Å². The molecule has 152 valence electrons. The van der Waals surface area contributed by atoms with Gasteiger partial charge in [0.15, 0.2) is 0 Å². The van der Waals surface area contributed by atoms with Crippen LogP contribution in [0, 0.1) is 11.3 Å². The molecule has 0 aromatic rings. The summed E-state index contributed by atoms with van der Waals surface area (Å²) in [4.78, 5) is 4.04. The van der Waals surface area contributed by atoms with Crippen molar-refractivity contribution >= 4 is 19.6 Å². The second kappa shape index (κ2) is 13.1. The summed E-state index contributed by atoms with van der Waals surface area (Å²) in [5.74, 6) is 0. The highest BCUT2D eigenvalue weighted by atomic mass is 32.2. The Labute approximate surface area is 182 Å². The van der Waals surface area contributed by atoms with E-state index in [0.29, 0.717) is 17.5 Å². The van der Waals surface area contributed by atoms with Gasteiger partial charge in [-0.2, -0.15) is 5.26 Å². The number of allylic oxidation sites excluding steroid dienone is 9. The number of nitriles is 1. The summed E-state index contributed by atoms with van der Waals surface area (Å²) in [7, 11) is 6.22. The van der Waals surface area contributed by atoms with E-state index in [4.69, 9.17) is 12.6 Å². The molecule has 0 spiro atoms. The zero-order valence-electron chi connectivity index (χ0n) is 18.1. The van der Waals surface area contributed by atoms with Crippen molar-refractivity contribution in [2.75, 3.05) is 26.3 Å². The standard InChI is InChI=1S/C24H31BN2OS/c1-7-20(12-11-18(5)27-13-15-28-16-14-27)19(6)29-23(10-4)24(22(25)9-3)21(8-2)17-26/h7,9-12H,5-6,8,13-16H2,1-4H3/b12-11-,20-7+,22-9+,23-10-,24-21-. The van der Waals surface area contributed by atoms with E-state index in [2.05, 4.69) is 24.1 Å². The van der Waals surface area contributed by atoms with Gasteiger partial charge >= 0.3 is 0 Å². The van der Waals surface area contributed by atoms with E-state index in [9.17, 15) is 5.26 Å². The maximum absolute atomic E-state index is 9.55. The molecule has 0 aromatic carbocycles. The fourth-order valence-electron chi connectivity index (χ4n) is 2.86. The molecule has 0 bridgehead atoms. The molecule has 3 nitrogen and oxygen atoms in total. The van der Waals surface area contributed by atoms with Crippen LogP contribution in [0.5, 0.6) is 0 Å². The van der Waals surface area contributed by atoms with E-state index in [1.807, 2.05) is 58.1 Å². The summed E-state index contributed by atoms with van der Waals surface area (Å²) in [5, 5.41) is 9.55. The molecule has 0 aliphatic carbocycles. The molecule has 0 N–H and O–H groups in total. The summed E-state index contributed by atoms with van der Waals surface area (Å²) in [5.41, 5.74) is 4.05. The van der Waals surface area contributed by atoms with Crippen molar-refractivity contribution in [1.29, 1.82) is 5.26 Å². The quantitative estimate of drug-likeness (QED) is 0.276. The van der Waals surface area contributed by atoms with E-state index in [0.717, 1.165) is 53.0 Å². The molecule has 5 heteroatoms. The average molecular weight is 406 g/mol. The van der Waals surface area contributed by atoms with Crippen molar-refractivity contribution in [3.05, 3.63) is 81.2 Å². The van der Waals surface area contributed by atoms with Gasteiger partial charge in [-0.25, -0.2) is 0 Å². The smallest absolute Gasteiger partial charge is 0.114 e. The van der Waals surface area contributed by atoms with Crippen LogP contribution in [0.2, 0.25) is 0 Å². The Hall–Kier alpha value is -2.16. The van der Waals surface area contributed by atoms with Gasteiger partial charge in [0.25, 0.3) is 0 Å². The lowest BCUT2D eigenvalue weighted by molar-refractivity contribution is 0.0556. The minimum atomic E-state index is 0.607. The van der Waals surface area contributed by atoms with E-state index in [-0.39, 0.29) is 0 Å². The van der Waals surface area contributed by atoms with Gasteiger partial charge in [-0.1, -0.05) is 61.6 Å². The Bertz CT molecular complexity index is 803. The maximum Gasteiger partial charge on any atom is 0.114 e. The first kappa shape index (κ1) is 24.9. The van der Waals surface area contributed by atoms with E-state index in [1.54, 1.807) is 0 Å². The van der Waals surface area contributed by atoms with Crippen molar-refractivity contribution in [2.45, 2.75) is 34.1 Å². The first-order chi connectivity index (χ1) is 13.9. The highest BCUT2D eigenvalue weighted by Gasteiger charge is 2.15. The Morgan fingerprint density at radius 3 is 2.28 bits per heavy atom. The summed E-state index contributed by atoms with van der Waals surface area (Å²) in [6.45, 7) is 19.4. The topological polar surface area (TPSA) is 36.3 Å². The first-order valence-corrected chi connectivity index (χ1v) is 10.7. The van der Waals surface area contributed by atoms with Crippen molar-refractivity contribution in [3.8, 4) is 6.07 Å². The molecule has 0 unspecified atom stereocenters. The van der Waals surface area contributed by atoms with E-state index in [1.165, 1.54) is 11.8 Å². The number of hydrogen-bond acceptors (Lipinski definition) is 4. The molecule has 0 amide bonds. The van der Waals surface area contributed by atoms with Crippen LogP contribution in [0.4, 0.5) is 0 Å². The molecule has 1 fully saturated rings. The summed E-state index contributed by atoms with van der Waals surface area (Å²) < 4.78 is 5.40. The summed E-state index contributed by atoms with van der Waals surface area (Å²) in [6, 6.07) is 2.29. The molecule has 1 aliphatic heterocycles. The predicted molar refractivity (Wildman–Crippen MR) is 127 cm³/mol. The van der Waals surface area contributed by atoms with Crippen molar-refractivity contribution in [3.63, 3.8) is 0 Å². The number of rotatable bonds is 9. The molecule has 0 atom stereocenters. The van der Waals surface area contributed by atoms with Gasteiger partial charge in [-0.3, -0.25) is 0 Å². The SMILES string of the molecule is [B]C(=C/C)/C(C(=C/C)/SC(=C)C(/C=C\C(=C)N1CCOCC1)=C/C)=C(/C#N)CC. The van der Waals surface area contributed by atoms with E-state index >= 15 is 0 Å². The van der Waals surface area contributed by atoms with Gasteiger partial charge in [0.1, 0.15) is 7.85 Å². The minimum Gasteiger partial charge on any atom is -0.378 e. The fraction of sp³-hybridized carbons (Fsp3) is 0.375. The van der Waals surface area contributed by atoms with Crippen LogP contribution >= 0.6 is 11.8 Å². The predicted octanol–water partition coefficient (Wildman–Crippen LogP) is 5.79. The van der Waals surface area contributed by atoms with Crippen LogP contribution < -0.4 is 0 Å². The number of ether oxygens (including phenoxy) is 1. The fourth-order valence-corrected chi connectivity index (χ4v) is 3.89. The molecule has 1 heterocycles. The Morgan fingerprint density at radius 2 is 1.79 bits per heavy atom. The molecular formula is C24H31BN2OS. The molecule has 1 saturated heterocycles. The zero-order chi connectivity index (χ0) is 21.8. The molecule has 1 rings (SSSR count). The Balaban J connectivity index is 3.02. The van der Waals surface area contributed by atoms with Crippen molar-refractivity contribution < 1.29 is 4.74 Å². The highest BCUT2D eigenvalue weighted by Crippen LogP contribution is 2.38. The Kier molecular flexibility index (Phi) is 11.3. The van der Waals surface area contributed by atoms with Crippen molar-refractivity contribution in [1.82, 2.24) is 4.90 Å². The lowest BCUT2D eigenvalue weighted by Gasteiger charge is -2.29. The third kappa shape index (κ3) is 7.31. The highest BCUT2D eigenvalue weighted by molar-refractivity contribution is 8.07. The van der Waals surface area contributed by atoms with Crippen LogP contribution in [0.1, 0.15) is 34.1 Å². The number of thioether (sulfide) groups is 1. The van der Waals surface area contributed by atoms with Crippen LogP contribution in [0.15, 0.2) is 81.2 Å².